The van der Waals surface area contributed by atoms with Crippen molar-refractivity contribution in [3.05, 3.63) is 48.7 Å². The topological polar surface area (TPSA) is 96.1 Å². The molecule has 0 saturated heterocycles. The Labute approximate surface area is 131 Å². The highest BCUT2D eigenvalue weighted by Gasteiger charge is 2.14. The Morgan fingerprint density at radius 3 is 2.35 bits per heavy atom. The van der Waals surface area contributed by atoms with E-state index in [1.165, 1.54) is 0 Å². The van der Waals surface area contributed by atoms with E-state index in [4.69, 9.17) is 4.74 Å². The smallest absolute Gasteiger partial charge is 0.314 e. The lowest BCUT2D eigenvalue weighted by molar-refractivity contribution is -0.132. The molecule has 2 amide bonds. The van der Waals surface area contributed by atoms with Gasteiger partial charge >= 0.3 is 11.8 Å². The molecule has 3 aromatic rings. The van der Waals surface area contributed by atoms with Gasteiger partial charge in [0.2, 0.25) is 0 Å². The number of methoxy groups -OCH3 is 1. The zero-order valence-corrected chi connectivity index (χ0v) is 12.3. The van der Waals surface area contributed by atoms with Crippen molar-refractivity contribution in [1.82, 2.24) is 10.2 Å². The maximum Gasteiger partial charge on any atom is 0.314 e. The van der Waals surface area contributed by atoms with Crippen LogP contribution in [0.1, 0.15) is 0 Å². The van der Waals surface area contributed by atoms with Crippen LogP contribution in [0.5, 0.6) is 5.75 Å². The number of anilines is 2. The summed E-state index contributed by atoms with van der Waals surface area (Å²) in [6.45, 7) is 0. The van der Waals surface area contributed by atoms with Crippen LogP contribution >= 0.6 is 0 Å². The summed E-state index contributed by atoms with van der Waals surface area (Å²) in [5, 5.41) is 12.7. The van der Waals surface area contributed by atoms with Crippen LogP contribution in [0, 0.1) is 0 Å². The number of nitrogens with zero attached hydrogens (tertiary/aromatic N) is 1. The Balaban J connectivity index is 1.65. The van der Waals surface area contributed by atoms with Crippen molar-refractivity contribution in [2.24, 2.45) is 0 Å². The lowest BCUT2D eigenvalue weighted by atomic mass is 10.2. The molecule has 0 atom stereocenters. The number of rotatable bonds is 3. The maximum atomic E-state index is 11.9. The number of ether oxygens (including phenoxy) is 1. The standard InChI is InChI=1S/C16H14N4O3/c1-23-13-6-4-11(5-7-13)18-15(21)16(22)19-12-3-2-10-9-17-20-14(10)8-12/h2-9H,1H3,(H,17,20)(H,18,21)(H,19,22). The summed E-state index contributed by atoms with van der Waals surface area (Å²) in [6.07, 6.45) is 1.68. The molecule has 23 heavy (non-hydrogen) atoms. The van der Waals surface area contributed by atoms with Crippen molar-refractivity contribution < 1.29 is 14.3 Å². The largest absolute Gasteiger partial charge is 0.497 e. The van der Waals surface area contributed by atoms with E-state index in [1.807, 2.05) is 0 Å². The third kappa shape index (κ3) is 3.29. The monoisotopic (exact) mass is 310 g/mol. The number of hydrogen-bond acceptors (Lipinski definition) is 4. The number of aromatic nitrogens is 2. The molecule has 0 radical (unpaired) electrons. The first-order chi connectivity index (χ1) is 11.2. The molecule has 2 aromatic carbocycles. The SMILES string of the molecule is COc1ccc(NC(=O)C(=O)Nc2ccc3cn[nH]c3c2)cc1. The molecule has 0 aliphatic heterocycles. The first-order valence-corrected chi connectivity index (χ1v) is 6.85. The Morgan fingerprint density at radius 1 is 1.00 bits per heavy atom. The molecule has 116 valence electrons. The van der Waals surface area contributed by atoms with Gasteiger partial charge in [-0.25, -0.2) is 0 Å². The maximum absolute atomic E-state index is 11.9. The molecule has 0 fully saturated rings. The highest BCUT2D eigenvalue weighted by atomic mass is 16.5. The number of benzene rings is 2. The van der Waals surface area contributed by atoms with E-state index in [-0.39, 0.29) is 0 Å². The predicted molar refractivity (Wildman–Crippen MR) is 86.3 cm³/mol. The van der Waals surface area contributed by atoms with Gasteiger partial charge in [-0.1, -0.05) is 0 Å². The molecule has 1 aromatic heterocycles. The normalized spacial score (nSPS) is 10.3. The summed E-state index contributed by atoms with van der Waals surface area (Å²) in [5.41, 5.74) is 1.80. The molecule has 0 spiro atoms. The number of nitrogens with one attached hydrogen (secondary N) is 3. The Morgan fingerprint density at radius 2 is 1.65 bits per heavy atom. The number of carbonyl (C=O) groups is 2. The van der Waals surface area contributed by atoms with Gasteiger partial charge < -0.3 is 15.4 Å². The van der Waals surface area contributed by atoms with Crippen LogP contribution in [0.2, 0.25) is 0 Å². The highest BCUT2D eigenvalue weighted by Crippen LogP contribution is 2.17. The van der Waals surface area contributed by atoms with Gasteiger partial charge in [0, 0.05) is 16.8 Å². The second kappa shape index (κ2) is 6.18. The van der Waals surface area contributed by atoms with E-state index in [1.54, 1.807) is 55.8 Å². The van der Waals surface area contributed by atoms with Crippen molar-refractivity contribution in [1.29, 1.82) is 0 Å². The number of fused-ring (bicyclic) bond motifs is 1. The molecule has 0 aliphatic rings. The van der Waals surface area contributed by atoms with Gasteiger partial charge in [-0.2, -0.15) is 5.10 Å². The van der Waals surface area contributed by atoms with E-state index < -0.39 is 11.8 Å². The third-order valence-corrected chi connectivity index (χ3v) is 3.25. The molecule has 3 N–H and O–H groups in total. The summed E-state index contributed by atoms with van der Waals surface area (Å²) >= 11 is 0. The summed E-state index contributed by atoms with van der Waals surface area (Å²) in [4.78, 5) is 23.9. The van der Waals surface area contributed by atoms with Gasteiger partial charge in [-0.15, -0.1) is 0 Å². The minimum Gasteiger partial charge on any atom is -0.497 e. The predicted octanol–water partition coefficient (Wildman–Crippen LogP) is 2.15. The summed E-state index contributed by atoms with van der Waals surface area (Å²) < 4.78 is 5.03. The number of aromatic amines is 1. The second-order valence-electron chi connectivity index (χ2n) is 4.81. The van der Waals surface area contributed by atoms with Gasteiger partial charge in [-0.3, -0.25) is 14.7 Å². The molecule has 0 unspecified atom stereocenters. The van der Waals surface area contributed by atoms with Crippen LogP contribution in [0.15, 0.2) is 48.7 Å². The van der Waals surface area contributed by atoms with Crippen LogP contribution in [-0.4, -0.2) is 29.1 Å². The fraction of sp³-hybridized carbons (Fsp3) is 0.0625. The third-order valence-electron chi connectivity index (χ3n) is 3.25. The van der Waals surface area contributed by atoms with Gasteiger partial charge in [0.15, 0.2) is 0 Å². The molecule has 0 saturated carbocycles. The van der Waals surface area contributed by atoms with E-state index in [0.717, 1.165) is 10.9 Å². The van der Waals surface area contributed by atoms with E-state index in [0.29, 0.717) is 17.1 Å². The number of carbonyl (C=O) groups excluding carboxylic acids is 2. The summed E-state index contributed by atoms with van der Waals surface area (Å²) in [6, 6.07) is 11.9. The molecular weight excluding hydrogens is 296 g/mol. The Bertz CT molecular complexity index is 855. The Kier molecular flexibility index (Phi) is 3.92. The molecule has 1 heterocycles. The van der Waals surface area contributed by atoms with Crippen LogP contribution in [0.4, 0.5) is 11.4 Å². The first-order valence-electron chi connectivity index (χ1n) is 6.85. The first kappa shape index (κ1) is 14.6. The summed E-state index contributed by atoms with van der Waals surface area (Å²) in [5.74, 6) is -0.833. The minimum absolute atomic E-state index is 0.509. The van der Waals surface area contributed by atoms with Gasteiger partial charge in [0.25, 0.3) is 0 Å². The van der Waals surface area contributed by atoms with E-state index in [2.05, 4.69) is 20.8 Å². The van der Waals surface area contributed by atoms with Crippen molar-refractivity contribution in [2.45, 2.75) is 0 Å². The molecule has 0 aliphatic carbocycles. The lowest BCUT2D eigenvalue weighted by Crippen LogP contribution is -2.29. The van der Waals surface area contributed by atoms with Crippen LogP contribution in [0.25, 0.3) is 10.9 Å². The zero-order chi connectivity index (χ0) is 16.2. The van der Waals surface area contributed by atoms with Crippen LogP contribution in [0.3, 0.4) is 0 Å². The fourth-order valence-electron chi connectivity index (χ4n) is 2.06. The average molecular weight is 310 g/mol. The number of H-pyrrole nitrogens is 1. The molecule has 3 rings (SSSR count). The molecular formula is C16H14N4O3. The second-order valence-corrected chi connectivity index (χ2v) is 4.81. The Hall–Kier alpha value is -3.35. The highest BCUT2D eigenvalue weighted by molar-refractivity contribution is 6.43. The van der Waals surface area contributed by atoms with Gasteiger partial charge in [-0.05, 0) is 42.5 Å². The average Bonchev–Trinajstić information content (AvgIpc) is 3.03. The molecule has 7 heteroatoms. The van der Waals surface area contributed by atoms with E-state index >= 15 is 0 Å². The van der Waals surface area contributed by atoms with Crippen molar-refractivity contribution in [2.75, 3.05) is 17.7 Å². The van der Waals surface area contributed by atoms with Crippen molar-refractivity contribution in [3.8, 4) is 5.75 Å². The minimum atomic E-state index is -0.750. The van der Waals surface area contributed by atoms with Gasteiger partial charge in [0.05, 0.1) is 18.8 Å². The van der Waals surface area contributed by atoms with Crippen LogP contribution < -0.4 is 15.4 Å². The lowest BCUT2D eigenvalue weighted by Gasteiger charge is -2.07. The number of hydrogen-bond donors (Lipinski definition) is 3. The fourth-order valence-corrected chi connectivity index (χ4v) is 2.06. The van der Waals surface area contributed by atoms with Crippen molar-refractivity contribution in [3.63, 3.8) is 0 Å². The number of amides is 2. The molecule has 0 bridgehead atoms. The quantitative estimate of drug-likeness (QED) is 0.646. The zero-order valence-electron chi connectivity index (χ0n) is 12.3. The van der Waals surface area contributed by atoms with E-state index in [9.17, 15) is 9.59 Å². The summed E-state index contributed by atoms with van der Waals surface area (Å²) in [7, 11) is 1.55. The van der Waals surface area contributed by atoms with Crippen molar-refractivity contribution >= 4 is 34.1 Å². The van der Waals surface area contributed by atoms with Crippen LogP contribution in [-0.2, 0) is 9.59 Å². The molecule has 7 nitrogen and oxygen atoms in total. The van der Waals surface area contributed by atoms with Gasteiger partial charge in [0.1, 0.15) is 5.75 Å².